The molecule has 2 rings (SSSR count). The lowest BCUT2D eigenvalue weighted by Crippen LogP contribution is -2.39. The third-order valence-electron chi connectivity index (χ3n) is 3.39. The minimum Gasteiger partial charge on any atom is -0.352 e. The second-order valence-electron chi connectivity index (χ2n) is 5.00. The largest absolute Gasteiger partial charge is 0.352 e. The van der Waals surface area contributed by atoms with E-state index in [1.807, 2.05) is 13.1 Å². The van der Waals surface area contributed by atoms with E-state index >= 15 is 0 Å². The van der Waals surface area contributed by atoms with Gasteiger partial charge >= 0.3 is 0 Å². The van der Waals surface area contributed by atoms with Crippen LogP contribution in [-0.4, -0.2) is 47.6 Å². The van der Waals surface area contributed by atoms with E-state index in [4.69, 9.17) is 5.84 Å². The Balaban J connectivity index is 2.28. The first-order valence-corrected chi connectivity index (χ1v) is 6.37. The van der Waals surface area contributed by atoms with Gasteiger partial charge in [-0.1, -0.05) is 0 Å². The normalized spacial score (nSPS) is 21.8. The number of likely N-dealkylation sites (N-methyl/N-ethyl adjacent to an activating group) is 1. The van der Waals surface area contributed by atoms with E-state index in [-0.39, 0.29) is 0 Å². The van der Waals surface area contributed by atoms with E-state index in [0.717, 1.165) is 37.4 Å². The summed E-state index contributed by atoms with van der Waals surface area (Å²) in [7, 11) is 2.17. The van der Waals surface area contributed by atoms with Gasteiger partial charge in [-0.25, -0.2) is 10.8 Å². The van der Waals surface area contributed by atoms with Crippen molar-refractivity contribution in [1.29, 1.82) is 0 Å². The third-order valence-corrected chi connectivity index (χ3v) is 3.39. The number of anilines is 2. The quantitative estimate of drug-likeness (QED) is 0.592. The van der Waals surface area contributed by atoms with Crippen LogP contribution >= 0.6 is 0 Å². The molecule has 6 heteroatoms. The van der Waals surface area contributed by atoms with E-state index in [2.05, 4.69) is 39.2 Å². The fraction of sp³-hybridized carbons (Fsp3) is 0.667. The minimum atomic E-state index is 0.441. The van der Waals surface area contributed by atoms with Crippen LogP contribution in [0.3, 0.4) is 0 Å². The summed E-state index contributed by atoms with van der Waals surface area (Å²) in [6.07, 6.45) is 2.97. The molecule has 100 valence electrons. The number of nitrogens with one attached hydrogen (secondary N) is 1. The van der Waals surface area contributed by atoms with Crippen LogP contribution in [0.4, 0.5) is 11.8 Å². The number of hydrazine groups is 1. The van der Waals surface area contributed by atoms with Gasteiger partial charge in [0.15, 0.2) is 0 Å². The molecule has 1 aromatic heterocycles. The zero-order chi connectivity index (χ0) is 13.1. The van der Waals surface area contributed by atoms with Gasteiger partial charge in [-0.05, 0) is 33.9 Å². The monoisotopic (exact) mass is 250 g/mol. The highest BCUT2D eigenvalue weighted by atomic mass is 15.3. The molecule has 1 aromatic rings. The van der Waals surface area contributed by atoms with Gasteiger partial charge in [0.2, 0.25) is 5.95 Å². The van der Waals surface area contributed by atoms with Crippen molar-refractivity contribution in [3.05, 3.63) is 11.8 Å². The minimum absolute atomic E-state index is 0.441. The topological polar surface area (TPSA) is 70.3 Å². The Morgan fingerprint density at radius 3 is 2.94 bits per heavy atom. The molecule has 0 radical (unpaired) electrons. The van der Waals surface area contributed by atoms with Crippen molar-refractivity contribution in [2.75, 3.05) is 37.0 Å². The summed E-state index contributed by atoms with van der Waals surface area (Å²) in [4.78, 5) is 13.3. The molecule has 0 aromatic carbocycles. The summed E-state index contributed by atoms with van der Waals surface area (Å²) in [6.45, 7) is 7.48. The Kier molecular flexibility index (Phi) is 3.98. The van der Waals surface area contributed by atoms with Crippen LogP contribution in [0.15, 0.2) is 6.20 Å². The summed E-state index contributed by atoms with van der Waals surface area (Å²) >= 11 is 0. The summed E-state index contributed by atoms with van der Waals surface area (Å²) < 4.78 is 0. The molecule has 1 fully saturated rings. The molecule has 3 N–H and O–H groups in total. The van der Waals surface area contributed by atoms with Crippen molar-refractivity contribution in [1.82, 2.24) is 14.9 Å². The first-order chi connectivity index (χ1) is 8.61. The number of aryl methyl sites for hydroxylation is 1. The van der Waals surface area contributed by atoms with Gasteiger partial charge in [-0.2, -0.15) is 4.98 Å². The van der Waals surface area contributed by atoms with Gasteiger partial charge in [-0.3, -0.25) is 5.43 Å². The number of nitrogens with two attached hydrogens (primary N) is 1. The van der Waals surface area contributed by atoms with E-state index in [0.29, 0.717) is 12.0 Å². The van der Waals surface area contributed by atoms with Crippen LogP contribution in [-0.2, 0) is 0 Å². The molecule has 6 nitrogen and oxygen atoms in total. The maximum atomic E-state index is 5.38. The van der Waals surface area contributed by atoms with Gasteiger partial charge < -0.3 is 9.80 Å². The predicted molar refractivity (Wildman–Crippen MR) is 73.5 cm³/mol. The Bertz CT molecular complexity index is 408. The van der Waals surface area contributed by atoms with Gasteiger partial charge in [-0.15, -0.1) is 0 Å². The summed E-state index contributed by atoms with van der Waals surface area (Å²) in [5, 5.41) is 0. The van der Waals surface area contributed by atoms with Crippen LogP contribution in [0.2, 0.25) is 0 Å². The molecule has 0 amide bonds. The van der Waals surface area contributed by atoms with Crippen molar-refractivity contribution in [2.45, 2.75) is 26.3 Å². The summed E-state index contributed by atoms with van der Waals surface area (Å²) in [5.74, 6) is 6.84. The zero-order valence-corrected chi connectivity index (χ0v) is 11.3. The molecule has 1 saturated heterocycles. The van der Waals surface area contributed by atoms with Gasteiger partial charge in [0.05, 0.1) is 0 Å². The summed E-state index contributed by atoms with van der Waals surface area (Å²) in [5.41, 5.74) is 3.60. The molecule has 2 heterocycles. The molecule has 1 unspecified atom stereocenters. The highest BCUT2D eigenvalue weighted by molar-refractivity contribution is 5.49. The van der Waals surface area contributed by atoms with Crippen LogP contribution in [0.25, 0.3) is 0 Å². The number of nitrogens with zero attached hydrogens (tertiary/aromatic N) is 4. The molecule has 0 aliphatic carbocycles. The first-order valence-electron chi connectivity index (χ1n) is 6.37. The number of rotatable bonds is 2. The zero-order valence-electron chi connectivity index (χ0n) is 11.3. The lowest BCUT2D eigenvalue weighted by Gasteiger charge is -2.30. The van der Waals surface area contributed by atoms with Crippen LogP contribution in [0.5, 0.6) is 0 Å². The second-order valence-corrected chi connectivity index (χ2v) is 5.00. The number of aromatic nitrogens is 2. The average Bonchev–Trinajstić information content (AvgIpc) is 2.51. The highest BCUT2D eigenvalue weighted by Gasteiger charge is 2.22. The Morgan fingerprint density at radius 1 is 1.44 bits per heavy atom. The third kappa shape index (κ3) is 2.70. The van der Waals surface area contributed by atoms with Crippen molar-refractivity contribution < 1.29 is 0 Å². The molecule has 18 heavy (non-hydrogen) atoms. The molecule has 1 aliphatic rings. The van der Waals surface area contributed by atoms with Crippen molar-refractivity contribution >= 4 is 11.8 Å². The van der Waals surface area contributed by atoms with Gasteiger partial charge in [0.1, 0.15) is 5.82 Å². The van der Waals surface area contributed by atoms with E-state index in [9.17, 15) is 0 Å². The van der Waals surface area contributed by atoms with Crippen molar-refractivity contribution in [3.8, 4) is 0 Å². The van der Waals surface area contributed by atoms with Crippen LogP contribution in [0.1, 0.15) is 18.9 Å². The lowest BCUT2D eigenvalue weighted by molar-refractivity contribution is 0.337. The Labute approximate surface area is 108 Å². The number of nitrogen functional groups attached to an aromatic ring is 1. The van der Waals surface area contributed by atoms with Crippen LogP contribution in [0, 0.1) is 6.92 Å². The molecular weight excluding hydrogens is 228 g/mol. The Morgan fingerprint density at radius 2 is 2.22 bits per heavy atom. The highest BCUT2D eigenvalue weighted by Crippen LogP contribution is 2.22. The van der Waals surface area contributed by atoms with Gasteiger partial charge in [0, 0.05) is 30.9 Å². The Hall–Kier alpha value is -1.40. The SMILES string of the molecule is Cc1cnc(NN)nc1N1CCCN(C)CC1C. The molecule has 1 aliphatic heterocycles. The van der Waals surface area contributed by atoms with E-state index in [1.54, 1.807) is 0 Å². The number of hydrogen-bond donors (Lipinski definition) is 2. The maximum Gasteiger partial charge on any atom is 0.239 e. The molecule has 0 spiro atoms. The lowest BCUT2D eigenvalue weighted by atomic mass is 10.2. The van der Waals surface area contributed by atoms with E-state index in [1.165, 1.54) is 0 Å². The van der Waals surface area contributed by atoms with Gasteiger partial charge in [0.25, 0.3) is 0 Å². The molecular formula is C12H22N6. The predicted octanol–water partition coefficient (Wildman–Crippen LogP) is 0.601. The standard InChI is InChI=1S/C12H22N6/c1-9-7-14-12(16-13)15-11(9)18-6-4-5-17(3)8-10(18)2/h7,10H,4-6,8,13H2,1-3H3,(H,14,15,16). The number of hydrogen-bond acceptors (Lipinski definition) is 6. The van der Waals surface area contributed by atoms with Crippen molar-refractivity contribution in [2.24, 2.45) is 5.84 Å². The fourth-order valence-electron chi connectivity index (χ4n) is 2.48. The fourth-order valence-corrected chi connectivity index (χ4v) is 2.48. The molecule has 0 bridgehead atoms. The van der Waals surface area contributed by atoms with Crippen molar-refractivity contribution in [3.63, 3.8) is 0 Å². The molecule has 1 atom stereocenters. The molecule has 0 saturated carbocycles. The van der Waals surface area contributed by atoms with Crippen LogP contribution < -0.4 is 16.2 Å². The smallest absolute Gasteiger partial charge is 0.239 e. The second kappa shape index (κ2) is 5.49. The average molecular weight is 250 g/mol. The maximum absolute atomic E-state index is 5.38. The van der Waals surface area contributed by atoms with E-state index < -0.39 is 0 Å². The summed E-state index contributed by atoms with van der Waals surface area (Å²) in [6, 6.07) is 0.441. The first kappa shape index (κ1) is 13.0.